The minimum atomic E-state index is -1.33. The van der Waals surface area contributed by atoms with Gasteiger partial charge in [0.15, 0.2) is 6.61 Å². The first-order chi connectivity index (χ1) is 13.7. The summed E-state index contributed by atoms with van der Waals surface area (Å²) in [5.41, 5.74) is 3.53. The summed E-state index contributed by atoms with van der Waals surface area (Å²) in [6, 6.07) is 11.7. The van der Waals surface area contributed by atoms with Gasteiger partial charge in [-0.25, -0.2) is 4.79 Å². The first-order valence-corrected chi connectivity index (χ1v) is 9.05. The summed E-state index contributed by atoms with van der Waals surface area (Å²) in [4.78, 5) is 37.5. The van der Waals surface area contributed by atoms with Gasteiger partial charge in [-0.15, -0.1) is 0 Å². The number of hydrogen-bond acceptors (Lipinski definition) is 5. The molecule has 1 aliphatic heterocycles. The van der Waals surface area contributed by atoms with E-state index in [2.05, 4.69) is 10.7 Å². The molecule has 2 aromatic carbocycles. The summed E-state index contributed by atoms with van der Waals surface area (Å²) in [6.45, 7) is 5.08. The van der Waals surface area contributed by atoms with Gasteiger partial charge in [0, 0.05) is 0 Å². The number of carbonyl (C=O) groups is 3. The number of hydrazine groups is 1. The Morgan fingerprint density at radius 3 is 2.45 bits per heavy atom. The summed E-state index contributed by atoms with van der Waals surface area (Å²) < 4.78 is 10.7. The van der Waals surface area contributed by atoms with E-state index in [1.165, 1.54) is 7.11 Å². The van der Waals surface area contributed by atoms with E-state index in [0.717, 1.165) is 11.1 Å². The number of nitrogens with one attached hydrogen (secondary N) is 2. The van der Waals surface area contributed by atoms with E-state index in [4.69, 9.17) is 9.47 Å². The molecule has 2 aromatic rings. The van der Waals surface area contributed by atoms with Crippen molar-refractivity contribution in [2.45, 2.75) is 26.3 Å². The molecule has 4 amide bonds. The number of aryl methyl sites for hydroxylation is 2. The largest absolute Gasteiger partial charge is 0.497 e. The van der Waals surface area contributed by atoms with E-state index >= 15 is 0 Å². The average Bonchev–Trinajstić information content (AvgIpc) is 2.90. The smallest absolute Gasteiger partial charge is 0.344 e. The van der Waals surface area contributed by atoms with Crippen LogP contribution in [0.1, 0.15) is 23.6 Å². The van der Waals surface area contributed by atoms with Crippen LogP contribution < -0.4 is 20.2 Å². The molecule has 2 N–H and O–H groups in total. The van der Waals surface area contributed by atoms with Crippen molar-refractivity contribution in [3.8, 4) is 11.5 Å². The van der Waals surface area contributed by atoms with Crippen LogP contribution in [-0.2, 0) is 15.1 Å². The minimum Gasteiger partial charge on any atom is -0.497 e. The number of urea groups is 1. The Bertz CT molecular complexity index is 954. The van der Waals surface area contributed by atoms with Crippen LogP contribution in [-0.4, -0.2) is 36.6 Å². The van der Waals surface area contributed by atoms with Crippen LogP contribution in [0.3, 0.4) is 0 Å². The molecule has 0 radical (unpaired) electrons. The molecule has 0 aromatic heterocycles. The number of amides is 4. The highest BCUT2D eigenvalue weighted by Gasteiger charge is 2.50. The maximum atomic E-state index is 12.9. The van der Waals surface area contributed by atoms with Gasteiger partial charge in [-0.1, -0.05) is 18.2 Å². The molecule has 3 rings (SSSR count). The predicted octanol–water partition coefficient (Wildman–Crippen LogP) is 2.19. The van der Waals surface area contributed by atoms with E-state index in [-0.39, 0.29) is 6.61 Å². The fourth-order valence-electron chi connectivity index (χ4n) is 3.19. The molecule has 152 valence electrons. The van der Waals surface area contributed by atoms with Crippen LogP contribution in [0, 0.1) is 13.8 Å². The summed E-state index contributed by atoms with van der Waals surface area (Å²) in [5, 5.41) is 3.29. The highest BCUT2D eigenvalue weighted by molar-refractivity contribution is 6.08. The van der Waals surface area contributed by atoms with Crippen molar-refractivity contribution in [3.05, 3.63) is 59.2 Å². The molecule has 0 unspecified atom stereocenters. The lowest BCUT2D eigenvalue weighted by molar-refractivity contribution is -0.139. The molecule has 1 heterocycles. The van der Waals surface area contributed by atoms with Crippen LogP contribution in [0.15, 0.2) is 42.5 Å². The van der Waals surface area contributed by atoms with Gasteiger partial charge < -0.3 is 14.8 Å². The third-order valence-corrected chi connectivity index (χ3v) is 4.64. The fraction of sp³-hybridized carbons (Fsp3) is 0.286. The van der Waals surface area contributed by atoms with Gasteiger partial charge in [0.05, 0.1) is 7.11 Å². The van der Waals surface area contributed by atoms with Crippen LogP contribution in [0.4, 0.5) is 4.79 Å². The normalized spacial score (nSPS) is 18.4. The zero-order valence-corrected chi connectivity index (χ0v) is 16.7. The zero-order chi connectivity index (χ0) is 21.2. The standard InChI is InChI=1S/C21H23N3O5/c1-13-8-14(2)10-17(9-13)29-12-18(25)23-24-19(26)21(3,22-20(24)27)15-6-5-7-16(11-15)28-4/h5-11H,12H2,1-4H3,(H,22,27)(H,23,25)/t21-/m0/s1. The summed E-state index contributed by atoms with van der Waals surface area (Å²) in [7, 11) is 1.51. The fourth-order valence-corrected chi connectivity index (χ4v) is 3.19. The second-order valence-corrected chi connectivity index (χ2v) is 7.07. The Labute approximate surface area is 168 Å². The van der Waals surface area contributed by atoms with Gasteiger partial charge in [0.25, 0.3) is 11.8 Å². The third-order valence-electron chi connectivity index (χ3n) is 4.64. The quantitative estimate of drug-likeness (QED) is 0.729. The van der Waals surface area contributed by atoms with Gasteiger partial charge in [-0.3, -0.25) is 15.0 Å². The van der Waals surface area contributed by atoms with E-state index < -0.39 is 23.4 Å². The minimum absolute atomic E-state index is 0.337. The Morgan fingerprint density at radius 2 is 1.79 bits per heavy atom. The van der Waals surface area contributed by atoms with Crippen molar-refractivity contribution in [2.75, 3.05) is 13.7 Å². The van der Waals surface area contributed by atoms with Gasteiger partial charge >= 0.3 is 6.03 Å². The second-order valence-electron chi connectivity index (χ2n) is 7.07. The lowest BCUT2D eigenvalue weighted by Gasteiger charge is -2.22. The van der Waals surface area contributed by atoms with Crippen LogP contribution in [0.25, 0.3) is 0 Å². The van der Waals surface area contributed by atoms with E-state index in [1.807, 2.05) is 19.9 Å². The predicted molar refractivity (Wildman–Crippen MR) is 105 cm³/mol. The van der Waals surface area contributed by atoms with Crippen molar-refractivity contribution in [2.24, 2.45) is 0 Å². The number of nitrogens with zero attached hydrogens (tertiary/aromatic N) is 1. The lowest BCUT2D eigenvalue weighted by Crippen LogP contribution is -2.49. The first kappa shape index (κ1) is 20.2. The maximum absolute atomic E-state index is 12.9. The van der Waals surface area contributed by atoms with Crippen molar-refractivity contribution in [1.29, 1.82) is 0 Å². The molecule has 0 saturated carbocycles. The van der Waals surface area contributed by atoms with Gasteiger partial charge in [-0.05, 0) is 61.7 Å². The third kappa shape index (κ3) is 4.16. The molecule has 1 fully saturated rings. The molecule has 1 atom stereocenters. The number of benzene rings is 2. The molecule has 8 heteroatoms. The molecule has 29 heavy (non-hydrogen) atoms. The van der Waals surface area contributed by atoms with Crippen molar-refractivity contribution < 1.29 is 23.9 Å². The number of hydrogen-bond donors (Lipinski definition) is 2. The van der Waals surface area contributed by atoms with Crippen LogP contribution >= 0.6 is 0 Å². The molecule has 0 bridgehead atoms. The van der Waals surface area contributed by atoms with E-state index in [1.54, 1.807) is 43.3 Å². The highest BCUT2D eigenvalue weighted by atomic mass is 16.5. The van der Waals surface area contributed by atoms with Gasteiger partial charge in [0.2, 0.25) is 0 Å². The van der Waals surface area contributed by atoms with Gasteiger partial charge in [-0.2, -0.15) is 5.01 Å². The van der Waals surface area contributed by atoms with Crippen LogP contribution in [0.5, 0.6) is 11.5 Å². The Balaban J connectivity index is 1.68. The number of ether oxygens (including phenoxy) is 2. The maximum Gasteiger partial charge on any atom is 0.344 e. The topological polar surface area (TPSA) is 97.0 Å². The Hall–Kier alpha value is -3.55. The van der Waals surface area contributed by atoms with Gasteiger partial charge in [0.1, 0.15) is 17.0 Å². The zero-order valence-electron chi connectivity index (χ0n) is 16.7. The number of rotatable bonds is 6. The van der Waals surface area contributed by atoms with Crippen molar-refractivity contribution >= 4 is 17.8 Å². The molecule has 8 nitrogen and oxygen atoms in total. The molecule has 1 saturated heterocycles. The average molecular weight is 397 g/mol. The highest BCUT2D eigenvalue weighted by Crippen LogP contribution is 2.30. The van der Waals surface area contributed by atoms with Crippen molar-refractivity contribution in [1.82, 2.24) is 15.8 Å². The molecule has 1 aliphatic rings. The van der Waals surface area contributed by atoms with Crippen molar-refractivity contribution in [3.63, 3.8) is 0 Å². The molecular formula is C21H23N3O5. The first-order valence-electron chi connectivity index (χ1n) is 9.05. The summed E-state index contributed by atoms with van der Waals surface area (Å²) in [6.07, 6.45) is 0. The molecule has 0 spiro atoms. The Morgan fingerprint density at radius 1 is 1.10 bits per heavy atom. The number of carbonyl (C=O) groups excluding carboxylic acids is 3. The van der Waals surface area contributed by atoms with Crippen LogP contribution in [0.2, 0.25) is 0 Å². The molecular weight excluding hydrogens is 374 g/mol. The SMILES string of the molecule is COc1cccc([C@]2(C)NC(=O)N(NC(=O)COc3cc(C)cc(C)c3)C2=O)c1. The van der Waals surface area contributed by atoms with E-state index in [0.29, 0.717) is 22.1 Å². The lowest BCUT2D eigenvalue weighted by atomic mass is 9.92. The number of methoxy groups -OCH3 is 1. The molecule has 0 aliphatic carbocycles. The number of imide groups is 1. The second kappa shape index (κ2) is 7.83. The monoisotopic (exact) mass is 397 g/mol. The Kier molecular flexibility index (Phi) is 5.45. The summed E-state index contributed by atoms with van der Waals surface area (Å²) >= 11 is 0. The summed E-state index contributed by atoms with van der Waals surface area (Å²) in [5.74, 6) is -0.135. The van der Waals surface area contributed by atoms with E-state index in [9.17, 15) is 14.4 Å².